The number of rotatable bonds is 11. The summed E-state index contributed by atoms with van der Waals surface area (Å²) in [4.78, 5) is 26.5. The van der Waals surface area contributed by atoms with Crippen molar-refractivity contribution in [3.63, 3.8) is 0 Å². The number of nitrogens with zero attached hydrogens (tertiary/aromatic N) is 1. The predicted octanol–water partition coefficient (Wildman–Crippen LogP) is 5.89. The Morgan fingerprint density at radius 3 is 2.22 bits per heavy atom. The molecule has 0 fully saturated rings. The van der Waals surface area contributed by atoms with E-state index in [1.165, 1.54) is 12.1 Å². The Morgan fingerprint density at radius 1 is 1.03 bits per heavy atom. The minimum atomic E-state index is -3.83. The van der Waals surface area contributed by atoms with Crippen LogP contribution in [-0.2, 0) is 22.2 Å². The van der Waals surface area contributed by atoms with E-state index < -0.39 is 32.0 Å². The molecule has 2 atom stereocenters. The van der Waals surface area contributed by atoms with Crippen molar-refractivity contribution >= 4 is 13.3 Å². The molecule has 0 aliphatic heterocycles. The van der Waals surface area contributed by atoms with Gasteiger partial charge in [0.1, 0.15) is 5.82 Å². The number of aliphatic hydroxyl groups excluding tert-OH is 1. The Labute approximate surface area is 211 Å². The Hall–Kier alpha value is -2.86. The van der Waals surface area contributed by atoms with Gasteiger partial charge in [0.2, 0.25) is 7.37 Å². The Kier molecular flexibility index (Phi) is 9.18. The van der Waals surface area contributed by atoms with Crippen molar-refractivity contribution in [3.8, 4) is 22.4 Å². The maximum atomic E-state index is 13.8. The van der Waals surface area contributed by atoms with E-state index in [0.717, 1.165) is 39.2 Å². The monoisotopic (exact) mass is 513 g/mol. The van der Waals surface area contributed by atoms with E-state index in [-0.39, 0.29) is 24.3 Å². The molecule has 3 aromatic rings. The Balaban J connectivity index is 2.16. The maximum Gasteiger partial charge on any atom is 0.305 e. The standard InChI is InChI=1S/C28H33FNO5P/c1-4-23-26(19-10-12-21(29)13-11-19)24(14-15-36(34,35)17-22(31)16-25(32)33)27(18(2)3)30-28(23)20-8-6-5-7-9-20/h5-13,18,22,31H,4,14-17H2,1-3H3,(H,32,33)(H,34,35)/t22-/m1/s1. The number of hydrogen-bond acceptors (Lipinski definition) is 4. The van der Waals surface area contributed by atoms with Crippen molar-refractivity contribution in [2.24, 2.45) is 0 Å². The highest BCUT2D eigenvalue weighted by Crippen LogP contribution is 2.45. The Bertz CT molecular complexity index is 1250. The number of carboxylic acid groups (broad SMARTS) is 1. The third-order valence-corrected chi connectivity index (χ3v) is 8.04. The van der Waals surface area contributed by atoms with E-state index in [0.29, 0.717) is 6.42 Å². The molecule has 1 heterocycles. The molecule has 36 heavy (non-hydrogen) atoms. The van der Waals surface area contributed by atoms with E-state index in [1.54, 1.807) is 12.1 Å². The summed E-state index contributed by atoms with van der Waals surface area (Å²) in [6.45, 7) is 6.04. The van der Waals surface area contributed by atoms with Gasteiger partial charge in [-0.25, -0.2) is 4.39 Å². The highest BCUT2D eigenvalue weighted by atomic mass is 31.2. The quantitative estimate of drug-likeness (QED) is 0.276. The third-order valence-electron chi connectivity index (χ3n) is 6.13. The highest BCUT2D eigenvalue weighted by molar-refractivity contribution is 7.58. The highest BCUT2D eigenvalue weighted by Gasteiger charge is 2.28. The molecule has 3 N–H and O–H groups in total. The van der Waals surface area contributed by atoms with Gasteiger partial charge in [0.25, 0.3) is 0 Å². The molecule has 0 amide bonds. The molecule has 0 aliphatic rings. The number of aliphatic hydroxyl groups is 1. The summed E-state index contributed by atoms with van der Waals surface area (Å²) in [6.07, 6.45) is -1.75. The van der Waals surface area contributed by atoms with Crippen molar-refractivity contribution in [3.05, 3.63) is 77.2 Å². The van der Waals surface area contributed by atoms with Crippen LogP contribution in [-0.4, -0.2) is 44.5 Å². The lowest BCUT2D eigenvalue weighted by atomic mass is 9.86. The first kappa shape index (κ1) is 27.7. The van der Waals surface area contributed by atoms with Gasteiger partial charge >= 0.3 is 5.97 Å². The summed E-state index contributed by atoms with van der Waals surface area (Å²) in [5.74, 6) is -1.58. The van der Waals surface area contributed by atoms with Crippen LogP contribution in [0.5, 0.6) is 0 Å². The summed E-state index contributed by atoms with van der Waals surface area (Å²) < 4.78 is 26.7. The zero-order chi connectivity index (χ0) is 26.5. The zero-order valence-electron chi connectivity index (χ0n) is 20.8. The van der Waals surface area contributed by atoms with Gasteiger partial charge in [0.15, 0.2) is 0 Å². The lowest BCUT2D eigenvalue weighted by Crippen LogP contribution is -2.19. The average Bonchev–Trinajstić information content (AvgIpc) is 2.81. The first-order valence-electron chi connectivity index (χ1n) is 12.1. The molecule has 2 aromatic carbocycles. The molecule has 8 heteroatoms. The van der Waals surface area contributed by atoms with Gasteiger partial charge in [-0.2, -0.15) is 0 Å². The van der Waals surface area contributed by atoms with Gasteiger partial charge < -0.3 is 15.1 Å². The number of carboxylic acids is 1. The molecular formula is C28H33FNO5P. The van der Waals surface area contributed by atoms with Crippen LogP contribution in [0.25, 0.3) is 22.4 Å². The van der Waals surface area contributed by atoms with Gasteiger partial charge in [-0.05, 0) is 53.1 Å². The summed E-state index contributed by atoms with van der Waals surface area (Å²) in [5.41, 5.74) is 6.02. The number of halogens is 1. The lowest BCUT2D eigenvalue weighted by molar-refractivity contribution is -0.138. The second kappa shape index (κ2) is 11.9. The molecular weight excluding hydrogens is 480 g/mol. The number of carbonyl (C=O) groups is 1. The van der Waals surface area contributed by atoms with E-state index in [4.69, 9.17) is 10.1 Å². The van der Waals surface area contributed by atoms with Crippen LogP contribution in [0, 0.1) is 5.82 Å². The van der Waals surface area contributed by atoms with Crippen LogP contribution in [0.15, 0.2) is 54.6 Å². The van der Waals surface area contributed by atoms with Crippen LogP contribution in [0.2, 0.25) is 0 Å². The number of aromatic nitrogens is 1. The van der Waals surface area contributed by atoms with Gasteiger partial charge in [-0.3, -0.25) is 14.3 Å². The van der Waals surface area contributed by atoms with Gasteiger partial charge in [-0.15, -0.1) is 0 Å². The summed E-state index contributed by atoms with van der Waals surface area (Å²) in [6, 6.07) is 16.0. The topological polar surface area (TPSA) is 108 Å². The molecule has 0 radical (unpaired) electrons. The number of hydrogen-bond donors (Lipinski definition) is 3. The molecule has 3 rings (SSSR count). The molecule has 192 valence electrons. The van der Waals surface area contributed by atoms with Gasteiger partial charge in [-0.1, -0.05) is 63.2 Å². The molecule has 6 nitrogen and oxygen atoms in total. The largest absolute Gasteiger partial charge is 0.481 e. The van der Waals surface area contributed by atoms with Crippen molar-refractivity contribution in [1.29, 1.82) is 0 Å². The van der Waals surface area contributed by atoms with E-state index in [9.17, 15) is 23.7 Å². The fourth-order valence-electron chi connectivity index (χ4n) is 4.53. The molecule has 1 unspecified atom stereocenters. The fourth-order valence-corrected chi connectivity index (χ4v) is 6.08. The smallest absolute Gasteiger partial charge is 0.305 e. The lowest BCUT2D eigenvalue weighted by Gasteiger charge is -2.24. The van der Waals surface area contributed by atoms with Crippen LogP contribution >= 0.6 is 7.37 Å². The fraction of sp³-hybridized carbons (Fsp3) is 0.357. The summed E-state index contributed by atoms with van der Waals surface area (Å²) in [5, 5.41) is 18.8. The van der Waals surface area contributed by atoms with E-state index >= 15 is 0 Å². The normalized spacial score (nSPS) is 14.0. The Morgan fingerprint density at radius 2 is 1.67 bits per heavy atom. The van der Waals surface area contributed by atoms with Crippen LogP contribution in [0.4, 0.5) is 4.39 Å². The molecule has 0 saturated carbocycles. The molecule has 1 aromatic heterocycles. The van der Waals surface area contributed by atoms with Crippen molar-refractivity contribution in [2.45, 2.75) is 52.1 Å². The minimum Gasteiger partial charge on any atom is -0.481 e. The zero-order valence-corrected chi connectivity index (χ0v) is 21.7. The summed E-state index contributed by atoms with van der Waals surface area (Å²) >= 11 is 0. The first-order valence-corrected chi connectivity index (χ1v) is 14.1. The number of benzene rings is 2. The second-order valence-corrected chi connectivity index (χ2v) is 11.8. The second-order valence-electron chi connectivity index (χ2n) is 9.31. The van der Waals surface area contributed by atoms with Gasteiger partial charge in [0, 0.05) is 17.4 Å². The maximum absolute atomic E-state index is 13.8. The van der Waals surface area contributed by atoms with Crippen LogP contribution in [0.1, 0.15) is 49.9 Å². The van der Waals surface area contributed by atoms with Crippen LogP contribution < -0.4 is 0 Å². The SMILES string of the molecule is CCc1c(-c2ccccc2)nc(C(C)C)c(CCP(=O)(O)C[C@H](O)CC(=O)O)c1-c1ccc(F)cc1. The minimum absolute atomic E-state index is 0.00301. The van der Waals surface area contributed by atoms with Gasteiger partial charge in [0.05, 0.1) is 24.4 Å². The first-order chi connectivity index (χ1) is 17.0. The molecule has 0 spiro atoms. The molecule has 0 bridgehead atoms. The molecule has 0 aliphatic carbocycles. The van der Waals surface area contributed by atoms with Crippen molar-refractivity contribution in [1.82, 2.24) is 4.98 Å². The predicted molar refractivity (Wildman–Crippen MR) is 140 cm³/mol. The number of pyridine rings is 1. The molecule has 0 saturated heterocycles. The third kappa shape index (κ3) is 6.88. The number of aliphatic carboxylic acids is 1. The van der Waals surface area contributed by atoms with Crippen molar-refractivity contribution in [2.75, 3.05) is 12.3 Å². The average molecular weight is 514 g/mol. The van der Waals surface area contributed by atoms with Crippen molar-refractivity contribution < 1.29 is 28.9 Å². The van der Waals surface area contributed by atoms with E-state index in [2.05, 4.69) is 0 Å². The summed E-state index contributed by atoms with van der Waals surface area (Å²) in [7, 11) is -3.83. The van der Waals surface area contributed by atoms with E-state index in [1.807, 2.05) is 51.1 Å². The van der Waals surface area contributed by atoms with Crippen LogP contribution in [0.3, 0.4) is 0 Å².